The van der Waals surface area contributed by atoms with E-state index in [2.05, 4.69) is 15.5 Å². The van der Waals surface area contributed by atoms with Gasteiger partial charge < -0.3 is 9.84 Å². The molecular weight excluding hydrogens is 342 g/mol. The molecule has 1 amide bonds. The molecule has 0 bridgehead atoms. The molecule has 3 aromatic rings. The van der Waals surface area contributed by atoms with Crippen molar-refractivity contribution in [1.29, 1.82) is 0 Å². The minimum Gasteiger partial charge on any atom is -0.338 e. The summed E-state index contributed by atoms with van der Waals surface area (Å²) >= 11 is 3.01. The van der Waals surface area contributed by atoms with Gasteiger partial charge in [0.05, 0.1) is 16.4 Å². The Morgan fingerprint density at radius 2 is 2.21 bits per heavy atom. The van der Waals surface area contributed by atoms with Gasteiger partial charge in [0, 0.05) is 5.69 Å². The first kappa shape index (κ1) is 16.7. The summed E-state index contributed by atoms with van der Waals surface area (Å²) in [6.45, 7) is 4.02. The Kier molecular flexibility index (Phi) is 5.32. The lowest BCUT2D eigenvalue weighted by atomic mass is 10.1. The zero-order valence-corrected chi connectivity index (χ0v) is 15.0. The number of rotatable bonds is 6. The zero-order valence-electron chi connectivity index (χ0n) is 13.4. The van der Waals surface area contributed by atoms with Crippen molar-refractivity contribution in [3.05, 3.63) is 52.7 Å². The third kappa shape index (κ3) is 4.24. The first-order valence-corrected chi connectivity index (χ1v) is 9.46. The number of thiophene rings is 1. The number of aromatic nitrogens is 2. The SMILES string of the molecule is Cc1ccc(NC(=O)CSCc2nc(-c3cccs3)no2)c(C)c1. The number of amides is 1. The van der Waals surface area contributed by atoms with E-state index in [4.69, 9.17) is 4.52 Å². The molecule has 0 unspecified atom stereocenters. The summed E-state index contributed by atoms with van der Waals surface area (Å²) in [7, 11) is 0. The molecule has 0 fully saturated rings. The number of carbonyl (C=O) groups is 1. The van der Waals surface area contributed by atoms with Crippen LogP contribution in [-0.4, -0.2) is 21.8 Å². The highest BCUT2D eigenvalue weighted by molar-refractivity contribution is 7.99. The topological polar surface area (TPSA) is 68.0 Å². The zero-order chi connectivity index (χ0) is 16.9. The molecule has 0 saturated heterocycles. The van der Waals surface area contributed by atoms with Crippen LogP contribution in [0.3, 0.4) is 0 Å². The summed E-state index contributed by atoms with van der Waals surface area (Å²) < 4.78 is 5.21. The fourth-order valence-electron chi connectivity index (χ4n) is 2.19. The normalized spacial score (nSPS) is 10.8. The molecule has 0 aliphatic carbocycles. The Hall–Kier alpha value is -2.12. The molecule has 5 nitrogen and oxygen atoms in total. The van der Waals surface area contributed by atoms with Crippen LogP contribution in [0.5, 0.6) is 0 Å². The molecule has 2 heterocycles. The lowest BCUT2D eigenvalue weighted by Gasteiger charge is -2.08. The van der Waals surface area contributed by atoms with Gasteiger partial charge in [-0.1, -0.05) is 28.9 Å². The van der Waals surface area contributed by atoms with Gasteiger partial charge in [-0.15, -0.1) is 23.1 Å². The Bertz CT molecular complexity index is 828. The Morgan fingerprint density at radius 3 is 2.96 bits per heavy atom. The second kappa shape index (κ2) is 7.63. The van der Waals surface area contributed by atoms with Gasteiger partial charge in [0.1, 0.15) is 0 Å². The highest BCUT2D eigenvalue weighted by atomic mass is 32.2. The molecule has 0 spiro atoms. The molecule has 2 aromatic heterocycles. The van der Waals surface area contributed by atoms with E-state index in [1.807, 2.05) is 49.6 Å². The van der Waals surface area contributed by atoms with Crippen LogP contribution in [0.1, 0.15) is 17.0 Å². The predicted molar refractivity (Wildman–Crippen MR) is 98.3 cm³/mol. The van der Waals surface area contributed by atoms with Crippen molar-refractivity contribution in [2.45, 2.75) is 19.6 Å². The lowest BCUT2D eigenvalue weighted by Crippen LogP contribution is -2.15. The molecule has 7 heteroatoms. The summed E-state index contributed by atoms with van der Waals surface area (Å²) in [4.78, 5) is 17.3. The van der Waals surface area contributed by atoms with Crippen LogP contribution in [-0.2, 0) is 10.5 Å². The largest absolute Gasteiger partial charge is 0.338 e. The summed E-state index contributed by atoms with van der Waals surface area (Å²) in [6.07, 6.45) is 0. The van der Waals surface area contributed by atoms with E-state index < -0.39 is 0 Å². The molecule has 3 rings (SSSR count). The van der Waals surface area contributed by atoms with Gasteiger partial charge in [0.25, 0.3) is 0 Å². The van der Waals surface area contributed by atoms with E-state index in [-0.39, 0.29) is 5.91 Å². The van der Waals surface area contributed by atoms with Crippen LogP contribution < -0.4 is 5.32 Å². The van der Waals surface area contributed by atoms with Gasteiger partial charge in [0.15, 0.2) is 0 Å². The molecule has 1 aromatic carbocycles. The second-order valence-electron chi connectivity index (χ2n) is 5.35. The monoisotopic (exact) mass is 359 g/mol. The van der Waals surface area contributed by atoms with E-state index in [0.29, 0.717) is 23.2 Å². The Morgan fingerprint density at radius 1 is 1.33 bits per heavy atom. The van der Waals surface area contributed by atoms with Crippen LogP contribution in [0.4, 0.5) is 5.69 Å². The van der Waals surface area contributed by atoms with Crippen LogP contribution in [0.15, 0.2) is 40.2 Å². The molecule has 0 radical (unpaired) electrons. The number of nitrogens with one attached hydrogen (secondary N) is 1. The number of thioether (sulfide) groups is 1. The van der Waals surface area contributed by atoms with Crippen molar-refractivity contribution in [1.82, 2.24) is 10.1 Å². The predicted octanol–water partition coefficient (Wildman–Crippen LogP) is 4.29. The number of hydrogen-bond acceptors (Lipinski definition) is 6. The molecule has 1 N–H and O–H groups in total. The maximum Gasteiger partial charge on any atom is 0.236 e. The molecular formula is C17H17N3O2S2. The standard InChI is InChI=1S/C17H17N3O2S2/c1-11-5-6-13(12(2)8-11)18-15(21)9-23-10-16-19-17(20-22-16)14-4-3-7-24-14/h3-8H,9-10H2,1-2H3,(H,18,21). The number of nitrogens with zero attached hydrogens (tertiary/aromatic N) is 2. The molecule has 24 heavy (non-hydrogen) atoms. The van der Waals surface area contributed by atoms with Crippen molar-refractivity contribution in [2.24, 2.45) is 0 Å². The maximum absolute atomic E-state index is 12.0. The summed E-state index contributed by atoms with van der Waals surface area (Å²) in [5.41, 5.74) is 3.09. The highest BCUT2D eigenvalue weighted by Gasteiger charge is 2.11. The van der Waals surface area contributed by atoms with Crippen molar-refractivity contribution in [3.8, 4) is 10.7 Å². The number of aryl methyl sites for hydroxylation is 2. The molecule has 0 atom stereocenters. The third-order valence-electron chi connectivity index (χ3n) is 3.32. The van der Waals surface area contributed by atoms with Crippen LogP contribution in [0.25, 0.3) is 10.7 Å². The van der Waals surface area contributed by atoms with Crippen LogP contribution in [0, 0.1) is 13.8 Å². The maximum atomic E-state index is 12.0. The van der Waals surface area contributed by atoms with Gasteiger partial charge >= 0.3 is 0 Å². The van der Waals surface area contributed by atoms with E-state index in [1.54, 1.807) is 11.3 Å². The number of anilines is 1. The number of benzene rings is 1. The van der Waals surface area contributed by atoms with Gasteiger partial charge in [-0.25, -0.2) is 0 Å². The van der Waals surface area contributed by atoms with Gasteiger partial charge in [-0.2, -0.15) is 4.98 Å². The highest BCUT2D eigenvalue weighted by Crippen LogP contribution is 2.22. The van der Waals surface area contributed by atoms with Gasteiger partial charge in [-0.05, 0) is 36.9 Å². The summed E-state index contributed by atoms with van der Waals surface area (Å²) in [6, 6.07) is 9.86. The van der Waals surface area contributed by atoms with Crippen molar-refractivity contribution < 1.29 is 9.32 Å². The average Bonchev–Trinajstić information content (AvgIpc) is 3.21. The molecule has 0 aliphatic heterocycles. The Balaban J connectivity index is 1.48. The van der Waals surface area contributed by atoms with E-state index in [1.165, 1.54) is 17.3 Å². The lowest BCUT2D eigenvalue weighted by molar-refractivity contribution is -0.113. The Labute approximate surface area is 148 Å². The van der Waals surface area contributed by atoms with E-state index >= 15 is 0 Å². The van der Waals surface area contributed by atoms with Crippen molar-refractivity contribution in [3.63, 3.8) is 0 Å². The first-order valence-electron chi connectivity index (χ1n) is 7.43. The number of carbonyl (C=O) groups excluding carboxylic acids is 1. The van der Waals surface area contributed by atoms with Gasteiger partial charge in [0.2, 0.25) is 17.6 Å². The fourth-order valence-corrected chi connectivity index (χ4v) is 3.49. The fraction of sp³-hybridized carbons (Fsp3) is 0.235. The second-order valence-corrected chi connectivity index (χ2v) is 7.28. The first-order chi connectivity index (χ1) is 11.6. The quantitative estimate of drug-likeness (QED) is 0.711. The minimum atomic E-state index is -0.0371. The average molecular weight is 359 g/mol. The molecule has 124 valence electrons. The van der Waals surface area contributed by atoms with Gasteiger partial charge in [-0.3, -0.25) is 4.79 Å². The minimum absolute atomic E-state index is 0.0371. The van der Waals surface area contributed by atoms with Crippen molar-refractivity contribution in [2.75, 3.05) is 11.1 Å². The number of hydrogen-bond donors (Lipinski definition) is 1. The molecule has 0 saturated carbocycles. The third-order valence-corrected chi connectivity index (χ3v) is 5.11. The van der Waals surface area contributed by atoms with Crippen molar-refractivity contribution >= 4 is 34.7 Å². The van der Waals surface area contributed by atoms with Crippen LogP contribution >= 0.6 is 23.1 Å². The van der Waals surface area contributed by atoms with E-state index in [9.17, 15) is 4.79 Å². The summed E-state index contributed by atoms with van der Waals surface area (Å²) in [5.74, 6) is 1.94. The smallest absolute Gasteiger partial charge is 0.236 e. The summed E-state index contributed by atoms with van der Waals surface area (Å²) in [5, 5.41) is 8.85. The van der Waals surface area contributed by atoms with E-state index in [0.717, 1.165) is 16.1 Å². The molecule has 0 aliphatic rings. The van der Waals surface area contributed by atoms with Crippen LogP contribution in [0.2, 0.25) is 0 Å².